The standard InChI is InChI=1S/C15H16F3N5O2/c1-9-11(4-5-12(20-9)15(16,17)18)14(25)21-10-6-19-23(7-10)8-13(24)22(2)3/h4-7H,8H2,1-3H3,(H,21,25). The first-order valence-corrected chi connectivity index (χ1v) is 7.16. The molecule has 0 atom stereocenters. The number of anilines is 1. The summed E-state index contributed by atoms with van der Waals surface area (Å²) < 4.78 is 39.2. The zero-order valence-corrected chi connectivity index (χ0v) is 13.8. The highest BCUT2D eigenvalue weighted by molar-refractivity contribution is 6.04. The van der Waals surface area contributed by atoms with E-state index in [-0.39, 0.29) is 23.7 Å². The molecular weight excluding hydrogens is 339 g/mol. The van der Waals surface area contributed by atoms with Crippen molar-refractivity contribution in [3.05, 3.63) is 41.5 Å². The maximum atomic E-state index is 12.6. The van der Waals surface area contributed by atoms with Crippen molar-refractivity contribution >= 4 is 17.5 Å². The minimum atomic E-state index is -4.57. The van der Waals surface area contributed by atoms with E-state index in [1.54, 1.807) is 14.1 Å². The molecule has 0 radical (unpaired) electrons. The number of amides is 2. The molecule has 0 aliphatic rings. The highest BCUT2D eigenvalue weighted by atomic mass is 19.4. The van der Waals surface area contributed by atoms with Crippen LogP contribution in [0.4, 0.5) is 18.9 Å². The van der Waals surface area contributed by atoms with Crippen molar-refractivity contribution < 1.29 is 22.8 Å². The largest absolute Gasteiger partial charge is 0.433 e. The number of alkyl halides is 3. The zero-order valence-electron chi connectivity index (χ0n) is 13.8. The average molecular weight is 355 g/mol. The first-order chi connectivity index (χ1) is 11.6. The number of hydrogen-bond donors (Lipinski definition) is 1. The molecule has 0 spiro atoms. The van der Waals surface area contributed by atoms with E-state index in [1.165, 1.54) is 28.9 Å². The molecule has 25 heavy (non-hydrogen) atoms. The SMILES string of the molecule is Cc1nc(C(F)(F)F)ccc1C(=O)Nc1cnn(CC(=O)N(C)C)c1. The molecule has 10 heteroatoms. The normalized spacial score (nSPS) is 11.3. The third-order valence-corrected chi connectivity index (χ3v) is 3.31. The van der Waals surface area contributed by atoms with Crippen molar-refractivity contribution in [3.8, 4) is 0 Å². The molecule has 0 aromatic carbocycles. The van der Waals surface area contributed by atoms with Gasteiger partial charge in [0.15, 0.2) is 0 Å². The van der Waals surface area contributed by atoms with Gasteiger partial charge in [-0.3, -0.25) is 14.3 Å². The van der Waals surface area contributed by atoms with Crippen molar-refractivity contribution in [2.45, 2.75) is 19.6 Å². The van der Waals surface area contributed by atoms with E-state index in [2.05, 4.69) is 15.4 Å². The van der Waals surface area contributed by atoms with Crippen LogP contribution in [0.15, 0.2) is 24.5 Å². The smallest absolute Gasteiger partial charge is 0.347 e. The number of nitrogens with zero attached hydrogens (tertiary/aromatic N) is 4. The topological polar surface area (TPSA) is 80.1 Å². The first-order valence-electron chi connectivity index (χ1n) is 7.16. The number of carbonyl (C=O) groups excluding carboxylic acids is 2. The van der Waals surface area contributed by atoms with Crippen LogP contribution in [0.5, 0.6) is 0 Å². The Balaban J connectivity index is 2.10. The van der Waals surface area contributed by atoms with E-state index in [0.29, 0.717) is 5.69 Å². The van der Waals surface area contributed by atoms with Gasteiger partial charge in [-0.25, -0.2) is 4.98 Å². The maximum absolute atomic E-state index is 12.6. The number of aromatic nitrogens is 3. The minimum absolute atomic E-state index is 0.00370. The Kier molecular flexibility index (Phi) is 5.10. The second kappa shape index (κ2) is 6.91. The third kappa shape index (κ3) is 4.55. The lowest BCUT2D eigenvalue weighted by Crippen LogP contribution is -2.26. The first kappa shape index (κ1) is 18.4. The van der Waals surface area contributed by atoms with Crippen LogP contribution < -0.4 is 5.32 Å². The highest BCUT2D eigenvalue weighted by Gasteiger charge is 2.33. The predicted molar refractivity (Wildman–Crippen MR) is 82.9 cm³/mol. The number of hydrogen-bond acceptors (Lipinski definition) is 4. The second-order valence-electron chi connectivity index (χ2n) is 5.50. The molecule has 0 bridgehead atoms. The van der Waals surface area contributed by atoms with Crippen LogP contribution >= 0.6 is 0 Å². The van der Waals surface area contributed by atoms with Crippen LogP contribution in [-0.4, -0.2) is 45.6 Å². The van der Waals surface area contributed by atoms with Gasteiger partial charge in [-0.2, -0.15) is 18.3 Å². The van der Waals surface area contributed by atoms with Crippen LogP contribution in [0, 0.1) is 6.92 Å². The van der Waals surface area contributed by atoms with Crippen LogP contribution in [0.2, 0.25) is 0 Å². The number of likely N-dealkylation sites (N-methyl/N-ethyl adjacent to an activating group) is 1. The maximum Gasteiger partial charge on any atom is 0.433 e. The molecule has 0 saturated carbocycles. The predicted octanol–water partition coefficient (Wildman–Crippen LogP) is 1.95. The number of aryl methyl sites for hydroxylation is 1. The third-order valence-electron chi connectivity index (χ3n) is 3.31. The Morgan fingerprint density at radius 1 is 1.28 bits per heavy atom. The summed E-state index contributed by atoms with van der Waals surface area (Å²) in [7, 11) is 3.21. The molecule has 0 saturated heterocycles. The fourth-order valence-electron chi connectivity index (χ4n) is 1.95. The molecule has 134 valence electrons. The molecule has 2 aromatic heterocycles. The average Bonchev–Trinajstić information content (AvgIpc) is 2.92. The van der Waals surface area contributed by atoms with Crippen molar-refractivity contribution in [2.24, 2.45) is 0 Å². The number of nitrogens with one attached hydrogen (secondary N) is 1. The fraction of sp³-hybridized carbons (Fsp3) is 0.333. The minimum Gasteiger partial charge on any atom is -0.347 e. The van der Waals surface area contributed by atoms with Crippen LogP contribution in [-0.2, 0) is 17.5 Å². The summed E-state index contributed by atoms with van der Waals surface area (Å²) in [5.41, 5.74) is -0.764. The second-order valence-corrected chi connectivity index (χ2v) is 5.50. The van der Waals surface area contributed by atoms with E-state index in [1.807, 2.05) is 0 Å². The van der Waals surface area contributed by atoms with Gasteiger partial charge in [0.25, 0.3) is 5.91 Å². The molecule has 2 amide bonds. The number of rotatable bonds is 4. The van der Waals surface area contributed by atoms with Gasteiger partial charge in [0.1, 0.15) is 12.2 Å². The fourth-order valence-corrected chi connectivity index (χ4v) is 1.95. The lowest BCUT2D eigenvalue weighted by Gasteiger charge is -2.10. The number of halogens is 3. The lowest BCUT2D eigenvalue weighted by molar-refractivity contribution is -0.141. The number of carbonyl (C=O) groups is 2. The summed E-state index contributed by atoms with van der Waals surface area (Å²) in [6.45, 7) is 1.33. The van der Waals surface area contributed by atoms with Crippen molar-refractivity contribution in [1.29, 1.82) is 0 Å². The number of pyridine rings is 1. The monoisotopic (exact) mass is 355 g/mol. The van der Waals surface area contributed by atoms with Gasteiger partial charge in [-0.1, -0.05) is 0 Å². The molecule has 0 aliphatic carbocycles. The summed E-state index contributed by atoms with van der Waals surface area (Å²) >= 11 is 0. The van der Waals surface area contributed by atoms with Gasteiger partial charge in [0, 0.05) is 20.3 Å². The van der Waals surface area contributed by atoms with Gasteiger partial charge in [0.2, 0.25) is 5.91 Å². The summed E-state index contributed by atoms with van der Waals surface area (Å²) in [6.07, 6.45) is -1.78. The van der Waals surface area contributed by atoms with Gasteiger partial charge in [-0.15, -0.1) is 0 Å². The highest BCUT2D eigenvalue weighted by Crippen LogP contribution is 2.28. The van der Waals surface area contributed by atoms with Crippen molar-refractivity contribution in [3.63, 3.8) is 0 Å². The summed E-state index contributed by atoms with van der Waals surface area (Å²) in [4.78, 5) is 28.6. The molecule has 2 aromatic rings. The van der Waals surface area contributed by atoms with E-state index in [0.717, 1.165) is 12.1 Å². The van der Waals surface area contributed by atoms with Crippen LogP contribution in [0.3, 0.4) is 0 Å². The molecular formula is C15H16F3N5O2. The Morgan fingerprint density at radius 2 is 1.96 bits per heavy atom. The molecule has 0 fully saturated rings. The Labute approximate surface area is 141 Å². The molecule has 0 aliphatic heterocycles. The van der Waals surface area contributed by atoms with E-state index >= 15 is 0 Å². The lowest BCUT2D eigenvalue weighted by atomic mass is 10.1. The van der Waals surface area contributed by atoms with Gasteiger partial charge in [-0.05, 0) is 19.1 Å². The molecule has 2 heterocycles. The van der Waals surface area contributed by atoms with Gasteiger partial charge in [0.05, 0.1) is 23.1 Å². The summed E-state index contributed by atoms with van der Waals surface area (Å²) in [5.74, 6) is -0.791. The Morgan fingerprint density at radius 3 is 2.52 bits per heavy atom. The Bertz CT molecular complexity index is 799. The Hall–Kier alpha value is -2.91. The van der Waals surface area contributed by atoms with Crippen molar-refractivity contribution in [1.82, 2.24) is 19.7 Å². The van der Waals surface area contributed by atoms with E-state index in [4.69, 9.17) is 0 Å². The summed E-state index contributed by atoms with van der Waals surface area (Å²) in [6, 6.07) is 1.82. The zero-order chi connectivity index (χ0) is 18.8. The molecule has 1 N–H and O–H groups in total. The van der Waals surface area contributed by atoms with Gasteiger partial charge < -0.3 is 10.2 Å². The molecule has 7 nitrogen and oxygen atoms in total. The van der Waals surface area contributed by atoms with Crippen molar-refractivity contribution in [2.75, 3.05) is 19.4 Å². The van der Waals surface area contributed by atoms with Crippen LogP contribution in [0.1, 0.15) is 21.7 Å². The molecule has 2 rings (SSSR count). The summed E-state index contributed by atoms with van der Waals surface area (Å²) in [5, 5.41) is 6.46. The van der Waals surface area contributed by atoms with Gasteiger partial charge >= 0.3 is 6.18 Å². The van der Waals surface area contributed by atoms with Crippen LogP contribution in [0.25, 0.3) is 0 Å². The van der Waals surface area contributed by atoms with E-state index in [9.17, 15) is 22.8 Å². The quantitative estimate of drug-likeness (QED) is 0.909. The van der Waals surface area contributed by atoms with E-state index < -0.39 is 17.8 Å². The molecule has 0 unspecified atom stereocenters.